The third-order valence-corrected chi connectivity index (χ3v) is 2.42. The van der Waals surface area contributed by atoms with Gasteiger partial charge in [-0.05, 0) is 24.3 Å². The highest BCUT2D eigenvalue weighted by molar-refractivity contribution is 5.71. The van der Waals surface area contributed by atoms with E-state index in [0.29, 0.717) is 0 Å². The summed E-state index contributed by atoms with van der Waals surface area (Å²) in [6.07, 6.45) is -4.41. The smallest absolute Gasteiger partial charge is 0.382 e. The summed E-state index contributed by atoms with van der Waals surface area (Å²) in [5.41, 5.74) is 15.9. The summed E-state index contributed by atoms with van der Waals surface area (Å²) in [4.78, 5) is 7.31. The van der Waals surface area contributed by atoms with Crippen LogP contribution in [0.4, 0.5) is 42.1 Å². The van der Waals surface area contributed by atoms with E-state index in [-0.39, 0.29) is 29.0 Å². The number of alkyl halides is 3. The number of hydrogen-bond acceptors (Lipinski definition) is 7. The van der Waals surface area contributed by atoms with E-state index in [1.54, 1.807) is 0 Å². The van der Waals surface area contributed by atoms with Gasteiger partial charge in [0.15, 0.2) is 17.3 Å². The number of hydrogen-bond donors (Lipinski definition) is 3. The molecule has 2 rings (SSSR count). The average molecular weight is 297 g/mol. The lowest BCUT2D eigenvalue weighted by Crippen LogP contribution is -2.03. The van der Waals surface area contributed by atoms with Gasteiger partial charge >= 0.3 is 6.18 Å². The summed E-state index contributed by atoms with van der Waals surface area (Å²) < 4.78 is 37.2. The van der Waals surface area contributed by atoms with Gasteiger partial charge in [0.2, 0.25) is 5.95 Å². The standard InChI is InChI=1S/C11H10F3N7/c12-11(13,14)5-1-3-6(4-2-5)20-21-7-8(15)18-10(17)19-9(7)16/h1-4H,(H6,15,16,17,18,19). The van der Waals surface area contributed by atoms with Crippen molar-refractivity contribution in [2.75, 3.05) is 17.2 Å². The third kappa shape index (κ3) is 3.35. The fraction of sp³-hybridized carbons (Fsp3) is 0.0909. The Bertz CT molecular complexity index is 656. The molecule has 110 valence electrons. The van der Waals surface area contributed by atoms with Crippen LogP contribution in [-0.2, 0) is 6.18 Å². The molecule has 0 saturated carbocycles. The molecule has 0 spiro atoms. The van der Waals surface area contributed by atoms with Crippen LogP contribution < -0.4 is 17.2 Å². The van der Waals surface area contributed by atoms with Crippen LogP contribution in [0.3, 0.4) is 0 Å². The zero-order valence-corrected chi connectivity index (χ0v) is 10.5. The van der Waals surface area contributed by atoms with Crippen LogP contribution in [0.2, 0.25) is 0 Å². The molecular formula is C11H10F3N7. The molecule has 0 aliphatic heterocycles. The second kappa shape index (κ2) is 5.23. The summed E-state index contributed by atoms with van der Waals surface area (Å²) >= 11 is 0. The molecule has 0 atom stereocenters. The Morgan fingerprint density at radius 2 is 1.38 bits per heavy atom. The number of aromatic nitrogens is 2. The van der Waals surface area contributed by atoms with Gasteiger partial charge in [-0.1, -0.05) is 0 Å². The van der Waals surface area contributed by atoms with E-state index in [1.807, 2.05) is 0 Å². The van der Waals surface area contributed by atoms with Crippen LogP contribution >= 0.6 is 0 Å². The molecule has 7 nitrogen and oxygen atoms in total. The van der Waals surface area contributed by atoms with Crippen molar-refractivity contribution in [2.24, 2.45) is 10.2 Å². The first-order valence-corrected chi connectivity index (χ1v) is 5.55. The minimum Gasteiger partial charge on any atom is -0.382 e. The highest BCUT2D eigenvalue weighted by Crippen LogP contribution is 2.32. The lowest BCUT2D eigenvalue weighted by atomic mass is 10.2. The molecule has 0 saturated heterocycles. The first-order chi connectivity index (χ1) is 9.77. The Balaban J connectivity index is 2.26. The van der Waals surface area contributed by atoms with Crippen molar-refractivity contribution in [2.45, 2.75) is 6.18 Å². The van der Waals surface area contributed by atoms with Crippen LogP contribution in [-0.4, -0.2) is 9.97 Å². The minimum absolute atomic E-state index is 0.00379. The molecule has 0 unspecified atom stereocenters. The number of nitrogens with zero attached hydrogens (tertiary/aromatic N) is 4. The van der Waals surface area contributed by atoms with E-state index < -0.39 is 11.7 Å². The van der Waals surface area contributed by atoms with Crippen molar-refractivity contribution in [3.05, 3.63) is 29.8 Å². The molecule has 1 aromatic carbocycles. The molecule has 0 aliphatic rings. The normalized spacial score (nSPS) is 12.0. The maximum Gasteiger partial charge on any atom is 0.416 e. The number of azo groups is 1. The van der Waals surface area contributed by atoms with Gasteiger partial charge < -0.3 is 17.2 Å². The van der Waals surface area contributed by atoms with Crippen molar-refractivity contribution in [1.82, 2.24) is 9.97 Å². The second-order valence-corrected chi connectivity index (χ2v) is 3.95. The number of anilines is 3. The average Bonchev–Trinajstić information content (AvgIpc) is 2.37. The third-order valence-electron chi connectivity index (χ3n) is 2.42. The zero-order chi connectivity index (χ0) is 15.6. The van der Waals surface area contributed by atoms with Crippen molar-refractivity contribution >= 4 is 29.0 Å². The summed E-state index contributed by atoms with van der Waals surface area (Å²) in [6.45, 7) is 0. The molecule has 2 aromatic rings. The summed E-state index contributed by atoms with van der Waals surface area (Å²) in [5, 5.41) is 7.45. The molecule has 0 bridgehead atoms. The van der Waals surface area contributed by atoms with Gasteiger partial charge in [0, 0.05) is 0 Å². The summed E-state index contributed by atoms with van der Waals surface area (Å²) in [5.74, 6) is -0.259. The Hall–Kier alpha value is -2.91. The summed E-state index contributed by atoms with van der Waals surface area (Å²) in [6, 6.07) is 4.11. The predicted octanol–water partition coefficient (Wildman–Crippen LogP) is 2.66. The maximum absolute atomic E-state index is 12.4. The van der Waals surface area contributed by atoms with Gasteiger partial charge in [-0.15, -0.1) is 5.11 Å². The van der Waals surface area contributed by atoms with Crippen molar-refractivity contribution in [3.8, 4) is 0 Å². The van der Waals surface area contributed by atoms with Crippen LogP contribution in [0.1, 0.15) is 5.56 Å². The molecule has 21 heavy (non-hydrogen) atoms. The Kier molecular flexibility index (Phi) is 3.61. The molecule has 0 amide bonds. The largest absolute Gasteiger partial charge is 0.416 e. The fourth-order valence-electron chi connectivity index (χ4n) is 1.44. The number of nitrogen functional groups attached to an aromatic ring is 3. The van der Waals surface area contributed by atoms with Gasteiger partial charge in [-0.3, -0.25) is 0 Å². The Labute approximate surface area is 116 Å². The molecule has 6 N–H and O–H groups in total. The number of rotatable bonds is 2. The molecule has 10 heteroatoms. The van der Waals surface area contributed by atoms with E-state index in [2.05, 4.69) is 20.2 Å². The number of halogens is 3. The van der Waals surface area contributed by atoms with Crippen LogP contribution in [0.15, 0.2) is 34.5 Å². The second-order valence-electron chi connectivity index (χ2n) is 3.95. The minimum atomic E-state index is -4.41. The first-order valence-electron chi connectivity index (χ1n) is 5.55. The topological polar surface area (TPSA) is 129 Å². The van der Waals surface area contributed by atoms with E-state index in [1.165, 1.54) is 0 Å². The van der Waals surface area contributed by atoms with Crippen LogP contribution in [0.25, 0.3) is 0 Å². The van der Waals surface area contributed by atoms with Gasteiger partial charge in [0.05, 0.1) is 11.3 Å². The maximum atomic E-state index is 12.4. The SMILES string of the molecule is Nc1nc(N)c(N=Nc2ccc(C(F)(F)F)cc2)c(N)n1. The molecular weight excluding hydrogens is 287 g/mol. The molecule has 0 aliphatic carbocycles. The number of nitrogens with two attached hydrogens (primary N) is 3. The van der Waals surface area contributed by atoms with Crippen LogP contribution in [0, 0.1) is 0 Å². The highest BCUT2D eigenvalue weighted by Gasteiger charge is 2.29. The Morgan fingerprint density at radius 3 is 1.86 bits per heavy atom. The van der Waals surface area contributed by atoms with Gasteiger partial charge in [0.25, 0.3) is 0 Å². The quantitative estimate of drug-likeness (QED) is 0.734. The molecule has 0 radical (unpaired) electrons. The van der Waals surface area contributed by atoms with Crippen molar-refractivity contribution in [3.63, 3.8) is 0 Å². The van der Waals surface area contributed by atoms with E-state index >= 15 is 0 Å². The Morgan fingerprint density at radius 1 is 0.857 bits per heavy atom. The van der Waals surface area contributed by atoms with E-state index in [9.17, 15) is 13.2 Å². The lowest BCUT2D eigenvalue weighted by Gasteiger charge is -2.05. The van der Waals surface area contributed by atoms with E-state index in [4.69, 9.17) is 17.2 Å². The van der Waals surface area contributed by atoms with Crippen LogP contribution in [0.5, 0.6) is 0 Å². The molecule has 0 fully saturated rings. The van der Waals surface area contributed by atoms with Gasteiger partial charge in [-0.2, -0.15) is 28.3 Å². The fourth-order valence-corrected chi connectivity index (χ4v) is 1.44. The zero-order valence-electron chi connectivity index (χ0n) is 10.5. The van der Waals surface area contributed by atoms with Gasteiger partial charge in [0.1, 0.15) is 0 Å². The van der Waals surface area contributed by atoms with Crippen molar-refractivity contribution < 1.29 is 13.2 Å². The highest BCUT2D eigenvalue weighted by atomic mass is 19.4. The summed E-state index contributed by atoms with van der Waals surface area (Å²) in [7, 11) is 0. The molecule has 1 heterocycles. The predicted molar refractivity (Wildman–Crippen MR) is 70.9 cm³/mol. The number of benzene rings is 1. The molecule has 1 aromatic heterocycles. The van der Waals surface area contributed by atoms with Crippen molar-refractivity contribution in [1.29, 1.82) is 0 Å². The van der Waals surface area contributed by atoms with E-state index in [0.717, 1.165) is 24.3 Å². The first kappa shape index (κ1) is 14.5. The lowest BCUT2D eigenvalue weighted by molar-refractivity contribution is -0.137. The van der Waals surface area contributed by atoms with Gasteiger partial charge in [-0.25, -0.2) is 0 Å². The monoisotopic (exact) mass is 297 g/mol.